The summed E-state index contributed by atoms with van der Waals surface area (Å²) in [6, 6.07) is 6.58. The van der Waals surface area contributed by atoms with E-state index in [-0.39, 0.29) is 27.9 Å². The molecule has 0 saturated heterocycles. The van der Waals surface area contributed by atoms with Gasteiger partial charge >= 0.3 is 28.3 Å². The van der Waals surface area contributed by atoms with Gasteiger partial charge in [-0.15, -0.1) is 12.6 Å². The van der Waals surface area contributed by atoms with Gasteiger partial charge in [-0.05, 0) is 12.1 Å². The molecule has 0 spiro atoms. The number of hydrogen-bond acceptors (Lipinski definition) is 2. The van der Waals surface area contributed by atoms with E-state index in [1.165, 1.54) is 6.07 Å². The van der Waals surface area contributed by atoms with Crippen LogP contribution in [0, 0.1) is 0 Å². The number of aromatic carboxylic acids is 1. The second-order valence-electron chi connectivity index (χ2n) is 1.82. The molecule has 11 heavy (non-hydrogen) atoms. The third-order valence-electron chi connectivity index (χ3n) is 1.13. The van der Waals surface area contributed by atoms with Gasteiger partial charge in [-0.25, -0.2) is 4.79 Å². The zero-order valence-electron chi connectivity index (χ0n) is 5.41. The van der Waals surface area contributed by atoms with Crippen molar-refractivity contribution in [1.82, 2.24) is 0 Å². The fraction of sp³-hybridized carbons (Fsp3) is 0. The summed E-state index contributed by atoms with van der Waals surface area (Å²) in [6.07, 6.45) is 0. The van der Waals surface area contributed by atoms with Crippen LogP contribution < -0.4 is 0 Å². The Bertz CT molecular complexity index is 262. The fourth-order valence-corrected chi connectivity index (χ4v) is 0.911. The average Bonchev–Trinajstić information content (AvgIpc) is 1.88. The number of carbonyl (C=O) groups is 1. The van der Waals surface area contributed by atoms with Crippen LogP contribution in [-0.2, 0) is 22.4 Å². The zero-order valence-corrected chi connectivity index (χ0v) is 8.47. The van der Waals surface area contributed by atoms with E-state index in [0.717, 1.165) is 0 Å². The molecule has 0 aliphatic carbocycles. The first-order chi connectivity index (χ1) is 4.72. The van der Waals surface area contributed by atoms with E-state index in [1.54, 1.807) is 18.2 Å². The van der Waals surface area contributed by atoms with Crippen molar-refractivity contribution in [3.8, 4) is 0 Å². The Morgan fingerprint density at radius 1 is 1.36 bits per heavy atom. The molecule has 2 nitrogen and oxygen atoms in total. The smallest absolute Gasteiger partial charge is 0.478 e. The number of rotatable bonds is 1. The fourth-order valence-electron chi connectivity index (χ4n) is 0.654. The van der Waals surface area contributed by atoms with Gasteiger partial charge in [0.25, 0.3) is 0 Å². The minimum atomic E-state index is -0.939. The van der Waals surface area contributed by atoms with Crippen LogP contribution in [0.5, 0.6) is 0 Å². The Balaban J connectivity index is 0.000001000. The number of hydrogen-bond donors (Lipinski definition) is 2. The monoisotopic (exact) mass is 351 g/mol. The van der Waals surface area contributed by atoms with E-state index < -0.39 is 5.97 Å². The predicted octanol–water partition coefficient (Wildman–Crippen LogP) is 1.67. The summed E-state index contributed by atoms with van der Waals surface area (Å²) in [5, 5.41) is 8.52. The summed E-state index contributed by atoms with van der Waals surface area (Å²) >= 11 is 3.96. The SMILES string of the molecule is O=C(O)c1ccccc1S.[Au+]. The standard InChI is InChI=1S/C7H6O2S.Au/c8-7(9)5-3-1-2-4-6(5)10;/h1-4,10H,(H,8,9);/q;+1. The van der Waals surface area contributed by atoms with Crippen LogP contribution in [0.3, 0.4) is 0 Å². The van der Waals surface area contributed by atoms with Gasteiger partial charge in [0.05, 0.1) is 5.56 Å². The average molecular weight is 351 g/mol. The minimum absolute atomic E-state index is 0. The zero-order chi connectivity index (χ0) is 7.56. The van der Waals surface area contributed by atoms with E-state index in [1.807, 2.05) is 0 Å². The maximum atomic E-state index is 10.4. The van der Waals surface area contributed by atoms with Gasteiger partial charge in [-0.2, -0.15) is 0 Å². The Hall–Kier alpha value is -0.220. The maximum Gasteiger partial charge on any atom is 1.00 e. The Kier molecular flexibility index (Phi) is 4.52. The van der Waals surface area contributed by atoms with Crippen molar-refractivity contribution in [3.05, 3.63) is 29.8 Å². The number of carboxylic acids is 1. The molecule has 0 saturated carbocycles. The summed E-state index contributed by atoms with van der Waals surface area (Å²) in [4.78, 5) is 10.9. The molecule has 1 N–H and O–H groups in total. The third kappa shape index (κ3) is 2.71. The van der Waals surface area contributed by atoms with Crippen LogP contribution in [0.2, 0.25) is 0 Å². The maximum absolute atomic E-state index is 10.4. The van der Waals surface area contributed by atoms with Gasteiger partial charge < -0.3 is 5.11 Å². The molecule has 0 bridgehead atoms. The van der Waals surface area contributed by atoms with Crippen molar-refractivity contribution in [3.63, 3.8) is 0 Å². The number of thiol groups is 1. The molecule has 0 fully saturated rings. The molecule has 1 aromatic carbocycles. The van der Waals surface area contributed by atoms with Crippen molar-refractivity contribution >= 4 is 18.6 Å². The van der Waals surface area contributed by atoms with Crippen molar-refractivity contribution < 1.29 is 32.3 Å². The Labute approximate surface area is 85.5 Å². The third-order valence-corrected chi connectivity index (χ3v) is 1.52. The molecule has 1 aromatic rings. The van der Waals surface area contributed by atoms with E-state index >= 15 is 0 Å². The van der Waals surface area contributed by atoms with Crippen LogP contribution in [0.25, 0.3) is 0 Å². The van der Waals surface area contributed by atoms with E-state index in [2.05, 4.69) is 12.6 Å². The van der Waals surface area contributed by atoms with E-state index in [9.17, 15) is 4.79 Å². The van der Waals surface area contributed by atoms with E-state index in [4.69, 9.17) is 5.11 Å². The minimum Gasteiger partial charge on any atom is -0.478 e. The van der Waals surface area contributed by atoms with Crippen LogP contribution in [0.15, 0.2) is 29.2 Å². The predicted molar refractivity (Wildman–Crippen MR) is 40.7 cm³/mol. The van der Waals surface area contributed by atoms with Crippen LogP contribution in [0.4, 0.5) is 0 Å². The molecule has 0 radical (unpaired) electrons. The topological polar surface area (TPSA) is 37.3 Å². The summed E-state index contributed by atoms with van der Waals surface area (Å²) in [5.74, 6) is -0.939. The van der Waals surface area contributed by atoms with Gasteiger partial charge in [0.15, 0.2) is 0 Å². The summed E-state index contributed by atoms with van der Waals surface area (Å²) in [5.41, 5.74) is 0.242. The summed E-state index contributed by atoms with van der Waals surface area (Å²) < 4.78 is 0. The first-order valence-corrected chi connectivity index (χ1v) is 3.18. The molecular formula is C7H6AuO2S+. The van der Waals surface area contributed by atoms with Gasteiger partial charge in [0.1, 0.15) is 0 Å². The normalized spacial score (nSPS) is 8.45. The first-order valence-electron chi connectivity index (χ1n) is 2.73. The Morgan fingerprint density at radius 2 is 1.91 bits per heavy atom. The molecule has 1 rings (SSSR count). The molecule has 0 amide bonds. The van der Waals surface area contributed by atoms with Crippen LogP contribution >= 0.6 is 12.6 Å². The number of carboxylic acid groups (broad SMARTS) is 1. The van der Waals surface area contributed by atoms with Crippen LogP contribution in [-0.4, -0.2) is 11.1 Å². The van der Waals surface area contributed by atoms with Crippen molar-refractivity contribution in [2.75, 3.05) is 0 Å². The molecule has 0 atom stereocenters. The molecule has 0 aliphatic heterocycles. The van der Waals surface area contributed by atoms with Crippen molar-refractivity contribution in [1.29, 1.82) is 0 Å². The summed E-state index contributed by atoms with van der Waals surface area (Å²) in [6.45, 7) is 0. The van der Waals surface area contributed by atoms with Gasteiger partial charge in [0, 0.05) is 4.90 Å². The van der Waals surface area contributed by atoms with Gasteiger partial charge in [-0.3, -0.25) is 0 Å². The van der Waals surface area contributed by atoms with E-state index in [0.29, 0.717) is 4.90 Å². The quantitative estimate of drug-likeness (QED) is 0.597. The first kappa shape index (κ1) is 10.8. The Morgan fingerprint density at radius 3 is 2.27 bits per heavy atom. The molecular weight excluding hydrogens is 345 g/mol. The second kappa shape index (κ2) is 4.62. The van der Waals surface area contributed by atoms with Crippen LogP contribution in [0.1, 0.15) is 10.4 Å². The van der Waals surface area contributed by atoms with Crippen molar-refractivity contribution in [2.24, 2.45) is 0 Å². The summed E-state index contributed by atoms with van der Waals surface area (Å²) in [7, 11) is 0. The second-order valence-corrected chi connectivity index (χ2v) is 2.30. The molecule has 0 unspecified atom stereocenters. The molecule has 62 valence electrons. The molecule has 0 heterocycles. The van der Waals surface area contributed by atoms with Gasteiger partial charge in [-0.1, -0.05) is 12.1 Å². The molecule has 0 aromatic heterocycles. The van der Waals surface area contributed by atoms with Gasteiger partial charge in [0.2, 0.25) is 0 Å². The largest absolute Gasteiger partial charge is 1.00 e. The molecule has 4 heteroatoms. The molecule has 0 aliphatic rings. The number of benzene rings is 1. The van der Waals surface area contributed by atoms with Crippen molar-refractivity contribution in [2.45, 2.75) is 4.90 Å².